The lowest BCUT2D eigenvalue weighted by Crippen LogP contribution is -2.31. The van der Waals surface area contributed by atoms with E-state index in [1.165, 1.54) is 41.2 Å². The molecule has 9 nitrogen and oxygen atoms in total. The van der Waals surface area contributed by atoms with Gasteiger partial charge in [0, 0.05) is 11.1 Å². The molecule has 224 valence electrons. The highest BCUT2D eigenvalue weighted by Gasteiger charge is 2.47. The van der Waals surface area contributed by atoms with Gasteiger partial charge in [-0.3, -0.25) is 14.5 Å². The first-order valence-corrected chi connectivity index (χ1v) is 16.2. The van der Waals surface area contributed by atoms with E-state index >= 15 is 0 Å². The number of fused-ring (bicyclic) bond motifs is 2. The highest BCUT2D eigenvalue weighted by molar-refractivity contribution is 9.10. The molecule has 1 aliphatic heterocycles. The molecule has 1 atom stereocenters. The number of Topliss-reactive ketones (excluding diaryl/α,β-unsaturated/α-hetero) is 1. The summed E-state index contributed by atoms with van der Waals surface area (Å²) in [6.07, 6.45) is 0. The van der Waals surface area contributed by atoms with Crippen LogP contribution in [0.15, 0.2) is 109 Å². The predicted octanol–water partition coefficient (Wildman–Crippen LogP) is 7.99. The highest BCUT2D eigenvalue weighted by Crippen LogP contribution is 2.47. The number of hydrogen-bond acceptors (Lipinski definition) is 10. The number of benzene rings is 4. The lowest BCUT2D eigenvalue weighted by atomic mass is 9.95. The SMILES string of the molecule is COc1cc(C2C(C(=O)c3cc4ccccc4o3)=C(O)C(=O)N2c2nnc(SCc3cccc4ccccc34)s2)cc(Br)c1O. The summed E-state index contributed by atoms with van der Waals surface area (Å²) in [7, 11) is 1.39. The van der Waals surface area contributed by atoms with Crippen molar-refractivity contribution in [2.75, 3.05) is 12.0 Å². The van der Waals surface area contributed by atoms with Crippen LogP contribution < -0.4 is 9.64 Å². The number of aliphatic hydroxyl groups is 1. The Labute approximate surface area is 272 Å². The molecular weight excluding hydrogens is 678 g/mol. The third-order valence-corrected chi connectivity index (χ3v) is 10.2. The molecule has 4 aromatic carbocycles. The summed E-state index contributed by atoms with van der Waals surface area (Å²) in [6, 6.07) is 24.9. The molecular formula is C33H22BrN3O6S2. The van der Waals surface area contributed by atoms with E-state index in [4.69, 9.17) is 9.15 Å². The number of para-hydroxylation sites is 1. The van der Waals surface area contributed by atoms with Gasteiger partial charge in [0.1, 0.15) is 5.58 Å². The number of anilines is 1. The number of aliphatic hydroxyl groups excluding tert-OH is 1. The van der Waals surface area contributed by atoms with Gasteiger partial charge in [0.05, 0.1) is 23.2 Å². The van der Waals surface area contributed by atoms with E-state index in [9.17, 15) is 19.8 Å². The first-order valence-electron chi connectivity index (χ1n) is 13.6. The summed E-state index contributed by atoms with van der Waals surface area (Å²) in [5, 5.41) is 33.5. The second-order valence-electron chi connectivity index (χ2n) is 10.1. The van der Waals surface area contributed by atoms with Gasteiger partial charge in [-0.15, -0.1) is 10.2 Å². The number of nitrogens with zero attached hydrogens (tertiary/aromatic N) is 3. The number of carbonyl (C=O) groups excluding carboxylic acids is 2. The number of amides is 1. The van der Waals surface area contributed by atoms with Crippen molar-refractivity contribution in [2.24, 2.45) is 0 Å². The Kier molecular flexibility index (Phi) is 7.56. The van der Waals surface area contributed by atoms with Crippen LogP contribution in [0.5, 0.6) is 11.5 Å². The molecule has 0 saturated carbocycles. The van der Waals surface area contributed by atoms with Gasteiger partial charge in [0.2, 0.25) is 10.9 Å². The van der Waals surface area contributed by atoms with E-state index in [0.29, 0.717) is 26.6 Å². The maximum atomic E-state index is 14.0. The number of phenols is 1. The van der Waals surface area contributed by atoms with Crippen LogP contribution in [-0.4, -0.2) is 39.2 Å². The van der Waals surface area contributed by atoms with Gasteiger partial charge in [-0.25, -0.2) is 0 Å². The largest absolute Gasteiger partial charge is 0.503 e. The number of halogens is 1. The number of methoxy groups -OCH3 is 1. The molecule has 12 heteroatoms. The Hall–Kier alpha value is -4.65. The zero-order valence-electron chi connectivity index (χ0n) is 23.4. The van der Waals surface area contributed by atoms with Crippen molar-refractivity contribution in [1.29, 1.82) is 0 Å². The second kappa shape index (κ2) is 11.7. The van der Waals surface area contributed by atoms with Crippen molar-refractivity contribution in [2.45, 2.75) is 16.1 Å². The molecule has 2 aromatic heterocycles. The summed E-state index contributed by atoms with van der Waals surface area (Å²) in [6.45, 7) is 0. The minimum Gasteiger partial charge on any atom is -0.503 e. The minimum atomic E-state index is -1.13. The number of thioether (sulfide) groups is 1. The molecule has 0 aliphatic carbocycles. The molecule has 1 amide bonds. The van der Waals surface area contributed by atoms with Crippen molar-refractivity contribution < 1.29 is 29.0 Å². The fourth-order valence-electron chi connectivity index (χ4n) is 5.40. The summed E-state index contributed by atoms with van der Waals surface area (Å²) in [5.74, 6) is -1.67. The van der Waals surface area contributed by atoms with Gasteiger partial charge in [-0.2, -0.15) is 0 Å². The monoisotopic (exact) mass is 699 g/mol. The molecule has 1 unspecified atom stereocenters. The van der Waals surface area contributed by atoms with Crippen LogP contribution in [0.4, 0.5) is 5.13 Å². The van der Waals surface area contributed by atoms with E-state index < -0.39 is 23.5 Å². The van der Waals surface area contributed by atoms with Crippen LogP contribution in [0.1, 0.15) is 27.7 Å². The van der Waals surface area contributed by atoms with E-state index in [1.54, 1.807) is 30.3 Å². The molecule has 45 heavy (non-hydrogen) atoms. The highest BCUT2D eigenvalue weighted by atomic mass is 79.9. The van der Waals surface area contributed by atoms with Crippen molar-refractivity contribution in [3.8, 4) is 11.5 Å². The van der Waals surface area contributed by atoms with Crippen LogP contribution in [0.25, 0.3) is 21.7 Å². The van der Waals surface area contributed by atoms with E-state index in [2.05, 4.69) is 50.4 Å². The molecule has 0 fully saturated rings. The Balaban J connectivity index is 1.27. The third kappa shape index (κ3) is 5.14. The van der Waals surface area contributed by atoms with Crippen LogP contribution in [0.2, 0.25) is 0 Å². The van der Waals surface area contributed by atoms with Gasteiger partial charge in [0.25, 0.3) is 5.91 Å². The van der Waals surface area contributed by atoms with Crippen LogP contribution >= 0.6 is 39.0 Å². The zero-order valence-corrected chi connectivity index (χ0v) is 26.6. The molecule has 0 saturated heterocycles. The summed E-state index contributed by atoms with van der Waals surface area (Å²) >= 11 is 5.98. The second-order valence-corrected chi connectivity index (χ2v) is 13.2. The van der Waals surface area contributed by atoms with Gasteiger partial charge >= 0.3 is 0 Å². The number of aromatic nitrogens is 2. The zero-order chi connectivity index (χ0) is 31.2. The Morgan fingerprint density at radius 1 is 1.02 bits per heavy atom. The average Bonchev–Trinajstić information content (AvgIpc) is 3.77. The summed E-state index contributed by atoms with van der Waals surface area (Å²) in [5.41, 5.74) is 1.81. The van der Waals surface area contributed by atoms with Gasteiger partial charge in [-0.1, -0.05) is 83.8 Å². The maximum absolute atomic E-state index is 14.0. The van der Waals surface area contributed by atoms with Crippen LogP contribution in [0.3, 0.4) is 0 Å². The Morgan fingerprint density at radius 2 is 1.78 bits per heavy atom. The lowest BCUT2D eigenvalue weighted by molar-refractivity contribution is -0.117. The molecule has 1 aliphatic rings. The Bertz CT molecular complexity index is 2140. The number of carbonyl (C=O) groups is 2. The first kappa shape index (κ1) is 29.1. The average molecular weight is 701 g/mol. The number of phenolic OH excluding ortho intramolecular Hbond substituents is 1. The normalized spacial score (nSPS) is 15.0. The van der Waals surface area contributed by atoms with Crippen molar-refractivity contribution in [3.05, 3.63) is 118 Å². The first-order chi connectivity index (χ1) is 21.8. The van der Waals surface area contributed by atoms with Crippen molar-refractivity contribution >= 4 is 77.6 Å². The maximum Gasteiger partial charge on any atom is 0.296 e. The van der Waals surface area contributed by atoms with Crippen LogP contribution in [-0.2, 0) is 10.5 Å². The number of aromatic hydroxyl groups is 1. The number of furan rings is 1. The van der Waals surface area contributed by atoms with E-state index in [1.807, 2.05) is 24.3 Å². The number of ether oxygens (including phenoxy) is 1. The molecule has 3 heterocycles. The van der Waals surface area contributed by atoms with E-state index in [0.717, 1.165) is 16.3 Å². The van der Waals surface area contributed by atoms with Gasteiger partial charge in [0.15, 0.2) is 27.4 Å². The van der Waals surface area contributed by atoms with Gasteiger partial charge in [-0.05, 0) is 62.1 Å². The quantitative estimate of drug-likeness (QED) is 0.0923. The number of hydrogen-bond donors (Lipinski definition) is 2. The fourth-order valence-corrected chi connectivity index (χ4v) is 7.73. The third-order valence-electron chi connectivity index (χ3n) is 7.52. The number of ketones is 1. The fraction of sp³-hybridized carbons (Fsp3) is 0.0909. The molecule has 0 bridgehead atoms. The van der Waals surface area contributed by atoms with Crippen molar-refractivity contribution in [3.63, 3.8) is 0 Å². The molecule has 7 rings (SSSR count). The lowest BCUT2D eigenvalue weighted by Gasteiger charge is -2.24. The predicted molar refractivity (Wildman–Crippen MR) is 176 cm³/mol. The van der Waals surface area contributed by atoms with Gasteiger partial charge < -0.3 is 19.4 Å². The van der Waals surface area contributed by atoms with Crippen molar-refractivity contribution in [1.82, 2.24) is 10.2 Å². The minimum absolute atomic E-state index is 0.0363. The summed E-state index contributed by atoms with van der Waals surface area (Å²) < 4.78 is 12.1. The standard InChI is InChI=1S/C33H22BrN3O6S2/c1-42-24-15-20(13-22(34)28(24)38)27-26(29(39)25-14-18-8-3-5-12-23(18)43-25)30(40)31(41)37(27)32-35-36-33(45-32)44-16-19-10-6-9-17-7-2-4-11-21(17)19/h2-15,27,38,40H,16H2,1H3. The number of rotatable bonds is 8. The Morgan fingerprint density at radius 3 is 2.58 bits per heavy atom. The molecule has 0 radical (unpaired) electrons. The van der Waals surface area contributed by atoms with E-state index in [-0.39, 0.29) is 32.4 Å². The van der Waals surface area contributed by atoms with Crippen LogP contribution in [0, 0.1) is 0 Å². The topological polar surface area (TPSA) is 126 Å². The molecule has 0 spiro atoms. The molecule has 6 aromatic rings. The molecule has 2 N–H and O–H groups in total. The smallest absolute Gasteiger partial charge is 0.296 e. The summed E-state index contributed by atoms with van der Waals surface area (Å²) in [4.78, 5) is 29.0.